The molecule has 0 saturated heterocycles. The zero-order valence-electron chi connectivity index (χ0n) is 17.8. The predicted octanol–water partition coefficient (Wildman–Crippen LogP) is 5.33. The number of methoxy groups -OCH3 is 1. The number of carbonyl (C=O) groups is 1. The van der Waals surface area contributed by atoms with Crippen molar-refractivity contribution in [3.8, 4) is 22.6 Å². The summed E-state index contributed by atoms with van der Waals surface area (Å²) in [6, 6.07) is 20.3. The van der Waals surface area contributed by atoms with Gasteiger partial charge in [0.2, 0.25) is 0 Å². The fraction of sp³-hybridized carbons (Fsp3) is 0.154. The second-order valence-corrected chi connectivity index (χ2v) is 7.91. The highest BCUT2D eigenvalue weighted by atomic mass is 16.5. The van der Waals surface area contributed by atoms with Crippen molar-refractivity contribution in [3.05, 3.63) is 95.6 Å². The Balaban J connectivity index is 1.47. The van der Waals surface area contributed by atoms with Crippen LogP contribution in [-0.2, 0) is 6.54 Å². The molecule has 0 unspecified atom stereocenters. The van der Waals surface area contributed by atoms with Crippen molar-refractivity contribution >= 4 is 11.6 Å². The third-order valence-electron chi connectivity index (χ3n) is 5.76. The first-order valence-electron chi connectivity index (χ1n) is 10.2. The van der Waals surface area contributed by atoms with E-state index in [9.17, 15) is 4.79 Å². The van der Waals surface area contributed by atoms with Crippen molar-refractivity contribution in [3.63, 3.8) is 0 Å². The summed E-state index contributed by atoms with van der Waals surface area (Å²) in [7, 11) is 1.64. The summed E-state index contributed by atoms with van der Waals surface area (Å²) >= 11 is 0. The van der Waals surface area contributed by atoms with Gasteiger partial charge < -0.3 is 14.2 Å². The van der Waals surface area contributed by atoms with Crippen molar-refractivity contribution in [1.82, 2.24) is 9.55 Å². The molecule has 154 valence electrons. The van der Waals surface area contributed by atoms with Gasteiger partial charge >= 0.3 is 0 Å². The highest BCUT2D eigenvalue weighted by molar-refractivity contribution is 6.10. The fourth-order valence-electron chi connectivity index (χ4n) is 4.04. The number of aryl methyl sites for hydroxylation is 2. The van der Waals surface area contributed by atoms with E-state index in [0.717, 1.165) is 39.3 Å². The van der Waals surface area contributed by atoms with Gasteiger partial charge in [0.15, 0.2) is 0 Å². The Labute approximate surface area is 181 Å². The summed E-state index contributed by atoms with van der Waals surface area (Å²) in [4.78, 5) is 19.4. The van der Waals surface area contributed by atoms with Crippen molar-refractivity contribution in [2.45, 2.75) is 20.4 Å². The summed E-state index contributed by atoms with van der Waals surface area (Å²) in [5.41, 5.74) is 7.81. The Morgan fingerprint density at radius 2 is 1.71 bits per heavy atom. The van der Waals surface area contributed by atoms with Crippen molar-refractivity contribution in [1.29, 1.82) is 0 Å². The van der Waals surface area contributed by atoms with Crippen LogP contribution in [0.1, 0.15) is 27.2 Å². The largest absolute Gasteiger partial charge is 0.494 e. The lowest BCUT2D eigenvalue weighted by molar-refractivity contribution is 0.0996. The zero-order chi connectivity index (χ0) is 21.5. The predicted molar refractivity (Wildman–Crippen MR) is 122 cm³/mol. The lowest BCUT2D eigenvalue weighted by atomic mass is 10.00. The minimum absolute atomic E-state index is 0.0113. The molecule has 1 aromatic heterocycles. The maximum absolute atomic E-state index is 13.3. The number of hydrogen-bond acceptors (Lipinski definition) is 3. The fourth-order valence-corrected chi connectivity index (χ4v) is 4.04. The topological polar surface area (TPSA) is 47.4 Å². The average molecular weight is 409 g/mol. The molecule has 0 atom stereocenters. The molecule has 2 heterocycles. The molecule has 5 rings (SSSR count). The Hall–Kier alpha value is -3.86. The molecule has 5 nitrogen and oxygen atoms in total. The number of hydrogen-bond donors (Lipinski definition) is 0. The van der Waals surface area contributed by atoms with Gasteiger partial charge in [-0.2, -0.15) is 0 Å². The molecule has 1 aliphatic rings. The minimum Gasteiger partial charge on any atom is -0.494 e. The number of fused-ring (bicyclic) bond motifs is 1. The van der Waals surface area contributed by atoms with Crippen LogP contribution in [0.3, 0.4) is 0 Å². The number of benzene rings is 3. The number of imidazole rings is 1. The van der Waals surface area contributed by atoms with Gasteiger partial charge in [0.25, 0.3) is 5.91 Å². The van der Waals surface area contributed by atoms with Gasteiger partial charge in [-0.15, -0.1) is 0 Å². The second-order valence-electron chi connectivity index (χ2n) is 7.91. The smallest absolute Gasteiger partial charge is 0.258 e. The van der Waals surface area contributed by atoms with Crippen LogP contribution in [0.5, 0.6) is 5.75 Å². The van der Waals surface area contributed by atoms with Crippen LogP contribution in [0.25, 0.3) is 16.8 Å². The van der Waals surface area contributed by atoms with Crippen molar-refractivity contribution in [2.75, 3.05) is 12.0 Å². The molecule has 1 amide bonds. The highest BCUT2D eigenvalue weighted by Gasteiger charge is 2.29. The van der Waals surface area contributed by atoms with Gasteiger partial charge in [-0.25, -0.2) is 4.98 Å². The highest BCUT2D eigenvalue weighted by Crippen LogP contribution is 2.35. The van der Waals surface area contributed by atoms with E-state index in [0.29, 0.717) is 12.3 Å². The maximum Gasteiger partial charge on any atom is 0.258 e. The Kier molecular flexibility index (Phi) is 4.59. The standard InChI is InChI=1S/C26H23N3O2/c1-17-4-6-19(7-5-17)20-8-9-21-15-29(26(30)23(21)12-20)22-10-11-24(25(13-22)31-3)28-14-18(2)27-16-28/h4-14,16H,15H2,1-3H3. The van der Waals surface area contributed by atoms with Crippen LogP contribution in [0, 0.1) is 13.8 Å². The number of aromatic nitrogens is 2. The van der Waals surface area contributed by atoms with Gasteiger partial charge in [-0.05, 0) is 48.7 Å². The Bertz CT molecular complexity index is 1290. The molecule has 3 aromatic carbocycles. The van der Waals surface area contributed by atoms with E-state index in [1.165, 1.54) is 5.56 Å². The van der Waals surface area contributed by atoms with E-state index in [1.54, 1.807) is 18.3 Å². The van der Waals surface area contributed by atoms with Gasteiger partial charge in [-0.1, -0.05) is 42.0 Å². The minimum atomic E-state index is 0.0113. The van der Waals surface area contributed by atoms with Crippen molar-refractivity contribution in [2.24, 2.45) is 0 Å². The van der Waals surface area contributed by atoms with Crippen LogP contribution in [-0.4, -0.2) is 22.6 Å². The molecular weight excluding hydrogens is 386 g/mol. The molecule has 5 heteroatoms. The molecule has 0 radical (unpaired) electrons. The van der Waals surface area contributed by atoms with Gasteiger partial charge in [0.05, 0.1) is 31.4 Å². The van der Waals surface area contributed by atoms with E-state index in [4.69, 9.17) is 4.74 Å². The first-order chi connectivity index (χ1) is 15.0. The number of ether oxygens (including phenoxy) is 1. The average Bonchev–Trinajstić information content (AvgIpc) is 3.37. The third kappa shape index (κ3) is 3.38. The van der Waals surface area contributed by atoms with Gasteiger partial charge in [-0.3, -0.25) is 4.79 Å². The summed E-state index contributed by atoms with van der Waals surface area (Å²) in [5.74, 6) is 0.705. The van der Waals surface area contributed by atoms with Crippen LogP contribution >= 0.6 is 0 Å². The first-order valence-corrected chi connectivity index (χ1v) is 10.2. The molecule has 0 fully saturated rings. The van der Waals surface area contributed by atoms with Crippen molar-refractivity contribution < 1.29 is 9.53 Å². The van der Waals surface area contributed by atoms with E-state index < -0.39 is 0 Å². The van der Waals surface area contributed by atoms with Crippen LogP contribution in [0.4, 0.5) is 5.69 Å². The van der Waals surface area contributed by atoms with E-state index in [1.807, 2.05) is 42.0 Å². The van der Waals surface area contributed by atoms with Crippen LogP contribution in [0.2, 0.25) is 0 Å². The molecule has 0 aliphatic carbocycles. The second kappa shape index (κ2) is 7.43. The number of amides is 1. The summed E-state index contributed by atoms with van der Waals surface area (Å²) < 4.78 is 7.54. The maximum atomic E-state index is 13.3. The summed E-state index contributed by atoms with van der Waals surface area (Å²) in [6.07, 6.45) is 3.71. The molecule has 0 spiro atoms. The third-order valence-corrected chi connectivity index (χ3v) is 5.76. The quantitative estimate of drug-likeness (QED) is 0.458. The number of carbonyl (C=O) groups excluding carboxylic acids is 1. The molecule has 0 saturated carbocycles. The van der Waals surface area contributed by atoms with E-state index >= 15 is 0 Å². The normalized spacial score (nSPS) is 12.9. The molecule has 0 N–H and O–H groups in total. The molecule has 0 bridgehead atoms. The van der Waals surface area contributed by atoms with Crippen LogP contribution < -0.4 is 9.64 Å². The number of rotatable bonds is 4. The molecule has 31 heavy (non-hydrogen) atoms. The summed E-state index contributed by atoms with van der Waals surface area (Å²) in [6.45, 7) is 4.57. The number of anilines is 1. The van der Waals surface area contributed by atoms with E-state index in [2.05, 4.69) is 48.3 Å². The van der Waals surface area contributed by atoms with Gasteiger partial charge in [0.1, 0.15) is 5.75 Å². The Morgan fingerprint density at radius 3 is 2.42 bits per heavy atom. The monoisotopic (exact) mass is 409 g/mol. The SMILES string of the molecule is COc1cc(N2Cc3ccc(-c4ccc(C)cc4)cc3C2=O)ccc1-n1cnc(C)c1. The lowest BCUT2D eigenvalue weighted by Gasteiger charge is -2.18. The van der Waals surface area contributed by atoms with Gasteiger partial charge in [0, 0.05) is 23.5 Å². The lowest BCUT2D eigenvalue weighted by Crippen LogP contribution is -2.23. The first kappa shape index (κ1) is 19.1. The van der Waals surface area contributed by atoms with E-state index in [-0.39, 0.29) is 5.91 Å². The summed E-state index contributed by atoms with van der Waals surface area (Å²) in [5, 5.41) is 0. The molecular formula is C26H23N3O2. The molecule has 4 aromatic rings. The molecule has 1 aliphatic heterocycles. The zero-order valence-corrected chi connectivity index (χ0v) is 17.8. The Morgan fingerprint density at radius 1 is 0.935 bits per heavy atom. The number of nitrogens with zero attached hydrogens (tertiary/aromatic N) is 3. The van der Waals surface area contributed by atoms with Crippen LogP contribution in [0.15, 0.2) is 73.2 Å².